The molecular weight excluding hydrogens is 282 g/mol. The van der Waals surface area contributed by atoms with E-state index in [-0.39, 0.29) is 12.5 Å². The monoisotopic (exact) mass is 297 g/mol. The molecule has 0 radical (unpaired) electrons. The van der Waals surface area contributed by atoms with Crippen molar-refractivity contribution in [2.24, 2.45) is 0 Å². The summed E-state index contributed by atoms with van der Waals surface area (Å²) in [5.41, 5.74) is 2.30. The third kappa shape index (κ3) is 3.03. The standard InChI is InChI=1S/C15H15N5O2/c1-2-22-15-16-7-11(8-17-15)19-14(21)9-20-10-18-12-5-3-4-6-13(12)20/h3-8,10H,2,9H2,1H3,(H,19,21). The fourth-order valence-electron chi connectivity index (χ4n) is 2.08. The molecule has 0 atom stereocenters. The number of rotatable bonds is 5. The smallest absolute Gasteiger partial charge is 0.316 e. The van der Waals surface area contributed by atoms with Gasteiger partial charge in [-0.25, -0.2) is 15.0 Å². The molecule has 3 rings (SSSR count). The van der Waals surface area contributed by atoms with Crippen molar-refractivity contribution in [1.82, 2.24) is 19.5 Å². The van der Waals surface area contributed by atoms with E-state index in [9.17, 15) is 4.79 Å². The molecule has 112 valence electrons. The SMILES string of the molecule is CCOc1ncc(NC(=O)Cn2cnc3ccccc32)cn1. The van der Waals surface area contributed by atoms with Crippen molar-refractivity contribution in [2.75, 3.05) is 11.9 Å². The average molecular weight is 297 g/mol. The molecule has 0 saturated carbocycles. The number of anilines is 1. The number of amides is 1. The molecule has 0 spiro atoms. The predicted molar refractivity (Wildman–Crippen MR) is 81.6 cm³/mol. The summed E-state index contributed by atoms with van der Waals surface area (Å²) < 4.78 is 6.94. The lowest BCUT2D eigenvalue weighted by molar-refractivity contribution is -0.116. The third-order valence-corrected chi connectivity index (χ3v) is 3.03. The van der Waals surface area contributed by atoms with Crippen LogP contribution in [0.15, 0.2) is 43.0 Å². The second-order valence-electron chi connectivity index (χ2n) is 4.60. The van der Waals surface area contributed by atoms with Gasteiger partial charge in [-0.1, -0.05) is 12.1 Å². The molecule has 3 aromatic rings. The number of benzene rings is 1. The summed E-state index contributed by atoms with van der Waals surface area (Å²) in [6, 6.07) is 7.95. The molecule has 0 unspecified atom stereocenters. The maximum absolute atomic E-state index is 12.1. The van der Waals surface area contributed by atoms with E-state index in [0.29, 0.717) is 18.3 Å². The molecule has 0 saturated heterocycles. The minimum atomic E-state index is -0.170. The van der Waals surface area contributed by atoms with E-state index in [1.807, 2.05) is 31.2 Å². The van der Waals surface area contributed by atoms with Gasteiger partial charge in [0, 0.05) is 0 Å². The summed E-state index contributed by atoms with van der Waals surface area (Å²) in [6.07, 6.45) is 4.68. The van der Waals surface area contributed by atoms with Crippen molar-refractivity contribution < 1.29 is 9.53 Å². The number of carbonyl (C=O) groups is 1. The first-order valence-corrected chi connectivity index (χ1v) is 6.91. The minimum absolute atomic E-state index is 0.170. The van der Waals surface area contributed by atoms with Crippen LogP contribution in [0.5, 0.6) is 6.01 Å². The van der Waals surface area contributed by atoms with E-state index in [1.165, 1.54) is 12.4 Å². The summed E-state index contributed by atoms with van der Waals surface area (Å²) in [5.74, 6) is -0.170. The molecule has 1 N–H and O–H groups in total. The second kappa shape index (κ2) is 6.21. The fraction of sp³-hybridized carbons (Fsp3) is 0.200. The van der Waals surface area contributed by atoms with Crippen LogP contribution >= 0.6 is 0 Å². The van der Waals surface area contributed by atoms with E-state index in [1.54, 1.807) is 10.9 Å². The molecule has 0 fully saturated rings. The number of hydrogen-bond acceptors (Lipinski definition) is 5. The summed E-state index contributed by atoms with van der Waals surface area (Å²) in [7, 11) is 0. The lowest BCUT2D eigenvalue weighted by Gasteiger charge is -2.07. The van der Waals surface area contributed by atoms with Crippen molar-refractivity contribution in [2.45, 2.75) is 13.5 Å². The average Bonchev–Trinajstić information content (AvgIpc) is 2.93. The van der Waals surface area contributed by atoms with Crippen molar-refractivity contribution in [3.63, 3.8) is 0 Å². The zero-order valence-electron chi connectivity index (χ0n) is 12.1. The first-order chi connectivity index (χ1) is 10.8. The van der Waals surface area contributed by atoms with Crippen molar-refractivity contribution in [3.05, 3.63) is 43.0 Å². The van der Waals surface area contributed by atoms with E-state index >= 15 is 0 Å². The Morgan fingerprint density at radius 1 is 1.23 bits per heavy atom. The highest BCUT2D eigenvalue weighted by molar-refractivity contribution is 5.91. The Hall–Kier alpha value is -2.96. The van der Waals surface area contributed by atoms with Gasteiger partial charge in [0.05, 0.1) is 42.0 Å². The number of carbonyl (C=O) groups excluding carboxylic acids is 1. The zero-order chi connectivity index (χ0) is 15.4. The summed E-state index contributed by atoms with van der Waals surface area (Å²) in [4.78, 5) is 24.3. The van der Waals surface area contributed by atoms with Crippen LogP contribution in [0.1, 0.15) is 6.92 Å². The van der Waals surface area contributed by atoms with Gasteiger partial charge < -0.3 is 14.6 Å². The van der Waals surface area contributed by atoms with Crippen LogP contribution < -0.4 is 10.1 Å². The number of nitrogens with zero attached hydrogens (tertiary/aromatic N) is 4. The zero-order valence-corrected chi connectivity index (χ0v) is 12.1. The van der Waals surface area contributed by atoms with Crippen LogP contribution in [0.25, 0.3) is 11.0 Å². The van der Waals surface area contributed by atoms with Crippen LogP contribution in [0.3, 0.4) is 0 Å². The van der Waals surface area contributed by atoms with Gasteiger partial charge in [0.2, 0.25) is 5.91 Å². The van der Waals surface area contributed by atoms with Gasteiger partial charge in [0.15, 0.2) is 0 Å². The Morgan fingerprint density at radius 3 is 2.77 bits per heavy atom. The molecule has 7 nitrogen and oxygen atoms in total. The Bertz CT molecular complexity index is 782. The number of aromatic nitrogens is 4. The highest BCUT2D eigenvalue weighted by Crippen LogP contribution is 2.12. The quantitative estimate of drug-likeness (QED) is 0.777. The molecule has 1 aromatic carbocycles. The van der Waals surface area contributed by atoms with E-state index in [4.69, 9.17) is 4.74 Å². The lowest BCUT2D eigenvalue weighted by Crippen LogP contribution is -2.18. The highest BCUT2D eigenvalue weighted by Gasteiger charge is 2.08. The molecule has 2 heterocycles. The first kappa shape index (κ1) is 14.0. The fourth-order valence-corrected chi connectivity index (χ4v) is 2.08. The van der Waals surface area contributed by atoms with Crippen LogP contribution in [-0.2, 0) is 11.3 Å². The summed E-state index contributed by atoms with van der Waals surface area (Å²) in [5, 5.41) is 2.75. The van der Waals surface area contributed by atoms with Gasteiger partial charge >= 0.3 is 6.01 Å². The van der Waals surface area contributed by atoms with Gasteiger partial charge in [-0.2, -0.15) is 0 Å². The molecule has 2 aromatic heterocycles. The van der Waals surface area contributed by atoms with E-state index in [2.05, 4.69) is 20.3 Å². The maximum Gasteiger partial charge on any atom is 0.316 e. The normalized spacial score (nSPS) is 10.6. The van der Waals surface area contributed by atoms with Gasteiger partial charge in [-0.3, -0.25) is 4.79 Å². The lowest BCUT2D eigenvalue weighted by atomic mass is 10.3. The molecule has 22 heavy (non-hydrogen) atoms. The second-order valence-corrected chi connectivity index (χ2v) is 4.60. The molecule has 0 aliphatic rings. The van der Waals surface area contributed by atoms with Crippen LogP contribution in [0.2, 0.25) is 0 Å². The van der Waals surface area contributed by atoms with Gasteiger partial charge in [0.1, 0.15) is 6.54 Å². The molecular formula is C15H15N5O2. The summed E-state index contributed by atoms with van der Waals surface area (Å²) >= 11 is 0. The van der Waals surface area contributed by atoms with Gasteiger partial charge in [-0.15, -0.1) is 0 Å². The topological polar surface area (TPSA) is 81.9 Å². The molecule has 0 aliphatic carbocycles. The Kier molecular flexibility index (Phi) is 3.95. The first-order valence-electron chi connectivity index (χ1n) is 6.91. The highest BCUT2D eigenvalue weighted by atomic mass is 16.5. The minimum Gasteiger partial charge on any atom is -0.464 e. The number of ether oxygens (including phenoxy) is 1. The van der Waals surface area contributed by atoms with Crippen LogP contribution in [0.4, 0.5) is 5.69 Å². The summed E-state index contributed by atoms with van der Waals surface area (Å²) in [6.45, 7) is 2.53. The number of fused-ring (bicyclic) bond motifs is 1. The third-order valence-electron chi connectivity index (χ3n) is 3.03. The van der Waals surface area contributed by atoms with E-state index in [0.717, 1.165) is 11.0 Å². The van der Waals surface area contributed by atoms with Crippen LogP contribution in [-0.4, -0.2) is 32.0 Å². The van der Waals surface area contributed by atoms with Gasteiger partial charge in [0.25, 0.3) is 0 Å². The predicted octanol–water partition coefficient (Wildman–Crippen LogP) is 1.86. The number of hydrogen-bond donors (Lipinski definition) is 1. The van der Waals surface area contributed by atoms with Crippen molar-refractivity contribution in [1.29, 1.82) is 0 Å². The maximum atomic E-state index is 12.1. The van der Waals surface area contributed by atoms with Gasteiger partial charge in [-0.05, 0) is 19.1 Å². The largest absolute Gasteiger partial charge is 0.464 e. The van der Waals surface area contributed by atoms with Crippen molar-refractivity contribution >= 4 is 22.6 Å². The Balaban J connectivity index is 1.67. The van der Waals surface area contributed by atoms with E-state index < -0.39 is 0 Å². The molecule has 1 amide bonds. The Morgan fingerprint density at radius 2 is 2.00 bits per heavy atom. The molecule has 0 aliphatic heterocycles. The number of imidazole rings is 1. The molecule has 7 heteroatoms. The number of para-hydroxylation sites is 2. The Labute approximate surface area is 127 Å². The van der Waals surface area contributed by atoms with Crippen molar-refractivity contribution in [3.8, 4) is 6.01 Å². The van der Waals surface area contributed by atoms with Crippen LogP contribution in [0, 0.1) is 0 Å². The number of nitrogens with one attached hydrogen (secondary N) is 1. The molecule has 0 bridgehead atoms.